The average molecular weight is 396 g/mol. The molecule has 2 fully saturated rings. The molecule has 2 aromatic rings. The number of rotatable bonds is 4. The maximum atomic E-state index is 12.8. The fourth-order valence-corrected chi connectivity index (χ4v) is 4.04. The smallest absolute Gasteiger partial charge is 0.274 e. The largest absolute Gasteiger partial charge is 0.342 e. The third-order valence-electron chi connectivity index (χ3n) is 5.81. The van der Waals surface area contributed by atoms with Crippen LogP contribution in [0, 0.1) is 0 Å². The van der Waals surface area contributed by atoms with Gasteiger partial charge in [-0.2, -0.15) is 5.10 Å². The van der Waals surface area contributed by atoms with E-state index in [-0.39, 0.29) is 11.8 Å². The van der Waals surface area contributed by atoms with Crippen molar-refractivity contribution in [3.8, 4) is 5.69 Å². The summed E-state index contributed by atoms with van der Waals surface area (Å²) in [7, 11) is 0. The van der Waals surface area contributed by atoms with Gasteiger partial charge in [0.05, 0.1) is 12.2 Å². The van der Waals surface area contributed by atoms with E-state index >= 15 is 0 Å². The Balaban J connectivity index is 1.28. The van der Waals surface area contributed by atoms with Gasteiger partial charge in [-0.3, -0.25) is 14.5 Å². The first-order valence-corrected chi connectivity index (χ1v) is 10.6. The predicted molar refractivity (Wildman–Crippen MR) is 111 cm³/mol. The standard InChI is InChI=1S/C22H29N5O2/c28-21(25-11-6-1-2-7-12-25)18-24-14-16-26(17-15-24)22(29)20-10-13-27(23-20)19-8-4-3-5-9-19/h3-5,8-10,13H,1-2,6-7,11-12,14-18H2. The van der Waals surface area contributed by atoms with Gasteiger partial charge in [-0.15, -0.1) is 0 Å². The molecule has 2 saturated heterocycles. The topological polar surface area (TPSA) is 61.7 Å². The van der Waals surface area contributed by atoms with Gasteiger partial charge in [-0.25, -0.2) is 4.68 Å². The molecule has 1 aromatic carbocycles. The maximum Gasteiger partial charge on any atom is 0.274 e. The maximum absolute atomic E-state index is 12.8. The first-order chi connectivity index (χ1) is 14.2. The molecule has 4 rings (SSSR count). The number of carbonyl (C=O) groups is 2. The highest BCUT2D eigenvalue weighted by atomic mass is 16.2. The summed E-state index contributed by atoms with van der Waals surface area (Å²) in [4.78, 5) is 31.4. The molecule has 154 valence electrons. The van der Waals surface area contributed by atoms with Crippen LogP contribution in [0.1, 0.15) is 36.2 Å². The molecule has 0 spiro atoms. The van der Waals surface area contributed by atoms with Crippen LogP contribution in [0.4, 0.5) is 0 Å². The summed E-state index contributed by atoms with van der Waals surface area (Å²) in [6, 6.07) is 11.5. The van der Waals surface area contributed by atoms with Gasteiger partial charge >= 0.3 is 0 Å². The van der Waals surface area contributed by atoms with Crippen molar-refractivity contribution in [1.82, 2.24) is 24.5 Å². The highest BCUT2D eigenvalue weighted by Crippen LogP contribution is 2.13. The zero-order valence-corrected chi connectivity index (χ0v) is 16.9. The lowest BCUT2D eigenvalue weighted by Gasteiger charge is -2.35. The highest BCUT2D eigenvalue weighted by molar-refractivity contribution is 5.92. The Hall–Kier alpha value is -2.67. The quantitative estimate of drug-likeness (QED) is 0.795. The van der Waals surface area contributed by atoms with Gasteiger partial charge in [-0.1, -0.05) is 31.0 Å². The number of hydrogen-bond acceptors (Lipinski definition) is 4. The van der Waals surface area contributed by atoms with E-state index in [1.54, 1.807) is 10.7 Å². The van der Waals surface area contributed by atoms with E-state index in [1.165, 1.54) is 12.8 Å². The van der Waals surface area contributed by atoms with E-state index in [0.29, 0.717) is 25.3 Å². The second kappa shape index (κ2) is 9.22. The molecule has 2 aliphatic rings. The fraction of sp³-hybridized carbons (Fsp3) is 0.500. The molecule has 0 unspecified atom stereocenters. The van der Waals surface area contributed by atoms with E-state index in [9.17, 15) is 9.59 Å². The normalized spacial score (nSPS) is 18.5. The van der Waals surface area contributed by atoms with Crippen molar-refractivity contribution in [1.29, 1.82) is 0 Å². The van der Waals surface area contributed by atoms with Gasteiger partial charge < -0.3 is 9.80 Å². The molecule has 2 aliphatic heterocycles. The molecule has 29 heavy (non-hydrogen) atoms. The Bertz CT molecular complexity index is 819. The van der Waals surface area contributed by atoms with Gasteiger partial charge in [0, 0.05) is 45.5 Å². The summed E-state index contributed by atoms with van der Waals surface area (Å²) >= 11 is 0. The number of carbonyl (C=O) groups excluding carboxylic acids is 2. The Kier molecular flexibility index (Phi) is 6.24. The molecule has 2 amide bonds. The van der Waals surface area contributed by atoms with E-state index in [1.807, 2.05) is 46.3 Å². The number of para-hydroxylation sites is 1. The minimum Gasteiger partial charge on any atom is -0.342 e. The number of piperazine rings is 1. The van der Waals surface area contributed by atoms with Gasteiger partial charge in [0.15, 0.2) is 5.69 Å². The Morgan fingerprint density at radius 2 is 1.48 bits per heavy atom. The van der Waals surface area contributed by atoms with Crippen molar-refractivity contribution in [3.63, 3.8) is 0 Å². The average Bonchev–Trinajstić information content (AvgIpc) is 3.09. The Morgan fingerprint density at radius 3 is 2.17 bits per heavy atom. The van der Waals surface area contributed by atoms with E-state index in [2.05, 4.69) is 10.00 Å². The highest BCUT2D eigenvalue weighted by Gasteiger charge is 2.26. The third kappa shape index (κ3) is 4.85. The van der Waals surface area contributed by atoms with Crippen LogP contribution in [0.15, 0.2) is 42.6 Å². The minimum absolute atomic E-state index is 0.0434. The monoisotopic (exact) mass is 395 g/mol. The second-order valence-electron chi connectivity index (χ2n) is 7.84. The molecule has 3 heterocycles. The van der Waals surface area contributed by atoms with E-state index in [4.69, 9.17) is 0 Å². The first kappa shape index (κ1) is 19.6. The third-order valence-corrected chi connectivity index (χ3v) is 5.81. The molecule has 0 N–H and O–H groups in total. The summed E-state index contributed by atoms with van der Waals surface area (Å²) in [5.41, 5.74) is 1.39. The van der Waals surface area contributed by atoms with Crippen molar-refractivity contribution in [3.05, 3.63) is 48.3 Å². The van der Waals surface area contributed by atoms with Crippen molar-refractivity contribution in [2.45, 2.75) is 25.7 Å². The summed E-state index contributed by atoms with van der Waals surface area (Å²) < 4.78 is 1.73. The molecule has 0 saturated carbocycles. The fourth-order valence-electron chi connectivity index (χ4n) is 4.04. The van der Waals surface area contributed by atoms with Gasteiger partial charge in [0.1, 0.15) is 0 Å². The lowest BCUT2D eigenvalue weighted by molar-refractivity contribution is -0.132. The Labute approximate surface area is 171 Å². The summed E-state index contributed by atoms with van der Waals surface area (Å²) in [6.45, 7) is 4.96. The van der Waals surface area contributed by atoms with Crippen LogP contribution >= 0.6 is 0 Å². The first-order valence-electron chi connectivity index (χ1n) is 10.6. The van der Waals surface area contributed by atoms with Crippen LogP contribution in [0.3, 0.4) is 0 Å². The number of hydrogen-bond donors (Lipinski definition) is 0. The zero-order chi connectivity index (χ0) is 20.1. The van der Waals surface area contributed by atoms with Gasteiger partial charge in [0.25, 0.3) is 5.91 Å². The molecule has 1 aromatic heterocycles. The van der Waals surface area contributed by atoms with Gasteiger partial charge in [0.2, 0.25) is 5.91 Å². The van der Waals surface area contributed by atoms with Crippen LogP contribution < -0.4 is 0 Å². The minimum atomic E-state index is -0.0434. The van der Waals surface area contributed by atoms with Crippen molar-refractivity contribution >= 4 is 11.8 Å². The van der Waals surface area contributed by atoms with Crippen LogP contribution in [-0.2, 0) is 4.79 Å². The van der Waals surface area contributed by atoms with Crippen molar-refractivity contribution in [2.75, 3.05) is 45.8 Å². The van der Waals surface area contributed by atoms with E-state index < -0.39 is 0 Å². The van der Waals surface area contributed by atoms with E-state index in [0.717, 1.165) is 44.7 Å². The van der Waals surface area contributed by atoms with Gasteiger partial charge in [-0.05, 0) is 31.0 Å². The van der Waals surface area contributed by atoms with Crippen molar-refractivity contribution < 1.29 is 9.59 Å². The number of amides is 2. The van der Waals surface area contributed by atoms with Crippen LogP contribution in [0.5, 0.6) is 0 Å². The molecule has 0 radical (unpaired) electrons. The molecule has 0 atom stereocenters. The number of likely N-dealkylation sites (tertiary alicyclic amines) is 1. The Morgan fingerprint density at radius 1 is 0.793 bits per heavy atom. The number of aromatic nitrogens is 2. The summed E-state index contributed by atoms with van der Waals surface area (Å²) in [5.74, 6) is 0.187. The SMILES string of the molecule is O=C(CN1CCN(C(=O)c2ccn(-c3ccccc3)n2)CC1)N1CCCCCC1. The molecule has 7 heteroatoms. The summed E-state index contributed by atoms with van der Waals surface area (Å²) in [6.07, 6.45) is 6.50. The molecule has 0 bridgehead atoms. The van der Waals surface area contributed by atoms with Crippen LogP contribution in [0.25, 0.3) is 5.69 Å². The van der Waals surface area contributed by atoms with Crippen LogP contribution in [0.2, 0.25) is 0 Å². The lowest BCUT2D eigenvalue weighted by atomic mass is 10.2. The molecular formula is C22H29N5O2. The second-order valence-corrected chi connectivity index (χ2v) is 7.84. The summed E-state index contributed by atoms with van der Waals surface area (Å²) in [5, 5.41) is 4.44. The molecule has 0 aliphatic carbocycles. The molecule has 7 nitrogen and oxygen atoms in total. The number of nitrogens with zero attached hydrogens (tertiary/aromatic N) is 5. The lowest BCUT2D eigenvalue weighted by Crippen LogP contribution is -2.51. The zero-order valence-electron chi connectivity index (χ0n) is 16.9. The number of benzene rings is 1. The predicted octanol–water partition coefficient (Wildman–Crippen LogP) is 2.03. The molecular weight excluding hydrogens is 366 g/mol. The van der Waals surface area contributed by atoms with Crippen LogP contribution in [-0.4, -0.2) is 82.1 Å². The van der Waals surface area contributed by atoms with Crippen molar-refractivity contribution in [2.24, 2.45) is 0 Å².